The SMILES string of the molecule is C=CCOC(=O)C1=C(C)N=C2CCCC(=O)C2[C@H]1c1ccccc1OCCCC. The Morgan fingerprint density at radius 1 is 1.28 bits per heavy atom. The van der Waals surface area contributed by atoms with E-state index in [4.69, 9.17) is 9.47 Å². The highest BCUT2D eigenvalue weighted by Crippen LogP contribution is 2.45. The van der Waals surface area contributed by atoms with E-state index in [1.807, 2.05) is 31.2 Å². The molecule has 0 aromatic heterocycles. The number of Topliss-reactive ketones (excluding diaryl/α,β-unsaturated/α-hetero) is 1. The summed E-state index contributed by atoms with van der Waals surface area (Å²) in [6.45, 7) is 8.26. The second-order valence-electron chi connectivity index (χ2n) is 7.50. The number of carbonyl (C=O) groups excluding carboxylic acids is 2. The molecule has 1 aromatic carbocycles. The van der Waals surface area contributed by atoms with Gasteiger partial charge in [0.1, 0.15) is 18.1 Å². The van der Waals surface area contributed by atoms with Crippen LogP contribution in [0, 0.1) is 5.92 Å². The summed E-state index contributed by atoms with van der Waals surface area (Å²) >= 11 is 0. The largest absolute Gasteiger partial charge is 0.493 e. The van der Waals surface area contributed by atoms with Crippen molar-refractivity contribution in [1.82, 2.24) is 0 Å². The van der Waals surface area contributed by atoms with Crippen molar-refractivity contribution in [2.24, 2.45) is 10.9 Å². The number of esters is 1. The Kier molecular flexibility index (Phi) is 7.02. The van der Waals surface area contributed by atoms with Gasteiger partial charge in [0, 0.05) is 29.3 Å². The molecule has 1 aliphatic heterocycles. The summed E-state index contributed by atoms with van der Waals surface area (Å²) < 4.78 is 11.4. The van der Waals surface area contributed by atoms with Crippen molar-refractivity contribution in [2.75, 3.05) is 13.2 Å². The van der Waals surface area contributed by atoms with E-state index < -0.39 is 17.8 Å². The Balaban J connectivity index is 2.09. The first kappa shape index (κ1) is 21.0. The number of para-hydroxylation sites is 1. The molecule has 1 heterocycles. The van der Waals surface area contributed by atoms with Crippen molar-refractivity contribution < 1.29 is 19.1 Å². The Morgan fingerprint density at radius 2 is 2.07 bits per heavy atom. The van der Waals surface area contributed by atoms with Crippen LogP contribution in [-0.4, -0.2) is 30.7 Å². The highest BCUT2D eigenvalue weighted by atomic mass is 16.5. The van der Waals surface area contributed by atoms with Gasteiger partial charge in [0.15, 0.2) is 0 Å². The first-order valence-corrected chi connectivity index (χ1v) is 10.4. The van der Waals surface area contributed by atoms with Gasteiger partial charge in [-0.3, -0.25) is 9.79 Å². The van der Waals surface area contributed by atoms with Crippen LogP contribution in [0.3, 0.4) is 0 Å². The number of nitrogens with zero attached hydrogens (tertiary/aromatic N) is 1. The van der Waals surface area contributed by atoms with Crippen molar-refractivity contribution in [3.8, 4) is 5.75 Å². The van der Waals surface area contributed by atoms with Gasteiger partial charge in [0.25, 0.3) is 0 Å². The quantitative estimate of drug-likeness (QED) is 0.361. The van der Waals surface area contributed by atoms with Crippen LogP contribution in [0.2, 0.25) is 0 Å². The number of allylic oxidation sites excluding steroid dienone is 1. The minimum atomic E-state index is -0.447. The van der Waals surface area contributed by atoms with Gasteiger partial charge < -0.3 is 9.47 Å². The van der Waals surface area contributed by atoms with E-state index in [1.165, 1.54) is 6.08 Å². The van der Waals surface area contributed by atoms with Gasteiger partial charge in [-0.15, -0.1) is 0 Å². The van der Waals surface area contributed by atoms with Gasteiger partial charge in [-0.25, -0.2) is 4.79 Å². The molecule has 1 aliphatic carbocycles. The molecule has 1 unspecified atom stereocenters. The molecule has 3 rings (SSSR count). The normalized spacial score (nSPS) is 21.3. The van der Waals surface area contributed by atoms with Crippen molar-refractivity contribution in [2.45, 2.75) is 51.9 Å². The van der Waals surface area contributed by atoms with E-state index in [-0.39, 0.29) is 12.4 Å². The molecule has 0 amide bonds. The Bertz CT molecular complexity index is 852. The van der Waals surface area contributed by atoms with Gasteiger partial charge in [-0.05, 0) is 32.3 Å². The topological polar surface area (TPSA) is 65.0 Å². The van der Waals surface area contributed by atoms with Crippen LogP contribution in [-0.2, 0) is 14.3 Å². The number of rotatable bonds is 8. The van der Waals surface area contributed by atoms with E-state index in [0.717, 1.165) is 37.0 Å². The van der Waals surface area contributed by atoms with Crippen LogP contribution in [0.1, 0.15) is 57.4 Å². The predicted octanol–water partition coefficient (Wildman–Crippen LogP) is 4.78. The van der Waals surface area contributed by atoms with Crippen molar-refractivity contribution in [3.63, 3.8) is 0 Å². The lowest BCUT2D eigenvalue weighted by atomic mass is 9.69. The third kappa shape index (κ3) is 4.50. The van der Waals surface area contributed by atoms with Gasteiger partial charge in [-0.2, -0.15) is 0 Å². The molecule has 1 saturated carbocycles. The number of unbranched alkanes of at least 4 members (excludes halogenated alkanes) is 1. The van der Waals surface area contributed by atoms with Crippen molar-refractivity contribution in [3.05, 3.63) is 53.8 Å². The number of aliphatic imine (C=N–C) groups is 1. The fraction of sp³-hybridized carbons (Fsp3) is 0.458. The summed E-state index contributed by atoms with van der Waals surface area (Å²) in [4.78, 5) is 30.6. The van der Waals surface area contributed by atoms with Crippen LogP contribution in [0.15, 0.2) is 53.2 Å². The molecule has 2 aliphatic rings. The lowest BCUT2D eigenvalue weighted by Crippen LogP contribution is -2.39. The molecule has 5 nitrogen and oxygen atoms in total. The molecular formula is C24H29NO4. The first-order chi connectivity index (χ1) is 14.1. The maximum atomic E-state index is 13.0. The fourth-order valence-corrected chi connectivity index (χ4v) is 4.13. The third-order valence-corrected chi connectivity index (χ3v) is 5.47. The number of ether oxygens (including phenoxy) is 2. The molecule has 0 radical (unpaired) electrons. The summed E-state index contributed by atoms with van der Waals surface area (Å²) in [7, 11) is 0. The molecule has 5 heteroatoms. The van der Waals surface area contributed by atoms with Crippen LogP contribution < -0.4 is 4.74 Å². The smallest absolute Gasteiger partial charge is 0.336 e. The minimum absolute atomic E-state index is 0.117. The van der Waals surface area contributed by atoms with Crippen LogP contribution >= 0.6 is 0 Å². The van der Waals surface area contributed by atoms with Gasteiger partial charge in [0.05, 0.1) is 18.1 Å². The summed E-state index contributed by atoms with van der Waals surface area (Å²) in [6, 6.07) is 7.69. The molecule has 1 aromatic rings. The summed E-state index contributed by atoms with van der Waals surface area (Å²) in [5, 5.41) is 0. The van der Waals surface area contributed by atoms with E-state index in [0.29, 0.717) is 30.0 Å². The van der Waals surface area contributed by atoms with Crippen LogP contribution in [0.4, 0.5) is 0 Å². The number of ketones is 1. The Labute approximate surface area is 172 Å². The van der Waals surface area contributed by atoms with E-state index in [2.05, 4.69) is 18.5 Å². The van der Waals surface area contributed by atoms with Crippen molar-refractivity contribution >= 4 is 17.5 Å². The maximum absolute atomic E-state index is 13.0. The lowest BCUT2D eigenvalue weighted by Gasteiger charge is -2.36. The molecule has 0 spiro atoms. The molecule has 0 bridgehead atoms. The molecular weight excluding hydrogens is 366 g/mol. The van der Waals surface area contributed by atoms with Gasteiger partial charge in [-0.1, -0.05) is 44.2 Å². The van der Waals surface area contributed by atoms with Crippen LogP contribution in [0.25, 0.3) is 0 Å². The highest BCUT2D eigenvalue weighted by molar-refractivity contribution is 6.11. The Morgan fingerprint density at radius 3 is 2.83 bits per heavy atom. The zero-order chi connectivity index (χ0) is 20.8. The second-order valence-corrected chi connectivity index (χ2v) is 7.50. The zero-order valence-corrected chi connectivity index (χ0v) is 17.3. The van der Waals surface area contributed by atoms with E-state index in [1.54, 1.807) is 0 Å². The van der Waals surface area contributed by atoms with Gasteiger partial charge in [0.2, 0.25) is 0 Å². The molecule has 29 heavy (non-hydrogen) atoms. The number of benzene rings is 1. The molecule has 154 valence electrons. The monoisotopic (exact) mass is 395 g/mol. The average molecular weight is 395 g/mol. The number of hydrogen-bond donors (Lipinski definition) is 0. The number of carbonyl (C=O) groups is 2. The number of hydrogen-bond acceptors (Lipinski definition) is 5. The summed E-state index contributed by atoms with van der Waals surface area (Å²) in [5.41, 5.74) is 2.78. The lowest BCUT2D eigenvalue weighted by molar-refractivity contribution is -0.138. The second kappa shape index (κ2) is 9.68. The van der Waals surface area contributed by atoms with E-state index in [9.17, 15) is 9.59 Å². The predicted molar refractivity (Wildman–Crippen MR) is 113 cm³/mol. The molecule has 0 N–H and O–H groups in total. The molecule has 2 atom stereocenters. The average Bonchev–Trinajstić information content (AvgIpc) is 2.72. The van der Waals surface area contributed by atoms with Crippen molar-refractivity contribution in [1.29, 1.82) is 0 Å². The van der Waals surface area contributed by atoms with Crippen LogP contribution in [0.5, 0.6) is 5.75 Å². The summed E-state index contributed by atoms with van der Waals surface area (Å²) in [6.07, 6.45) is 5.59. The number of fused-ring (bicyclic) bond motifs is 1. The third-order valence-electron chi connectivity index (χ3n) is 5.47. The minimum Gasteiger partial charge on any atom is -0.493 e. The molecule has 1 fully saturated rings. The first-order valence-electron chi connectivity index (χ1n) is 10.4. The maximum Gasteiger partial charge on any atom is 0.336 e. The summed E-state index contributed by atoms with van der Waals surface area (Å²) in [5.74, 6) is -0.477. The Hall–Kier alpha value is -2.69. The zero-order valence-electron chi connectivity index (χ0n) is 17.3. The van der Waals surface area contributed by atoms with E-state index >= 15 is 0 Å². The molecule has 0 saturated heterocycles. The fourth-order valence-electron chi connectivity index (χ4n) is 4.13. The highest BCUT2D eigenvalue weighted by Gasteiger charge is 2.44. The van der Waals surface area contributed by atoms with Gasteiger partial charge >= 0.3 is 5.97 Å². The standard InChI is InChI=1S/C24H29NO4/c1-4-6-15-28-20-13-8-7-10-17(20)22-21(24(27)29-14-5-2)16(3)25-18-11-9-12-19(26)23(18)22/h5,7-8,10,13,22-23H,2,4,6,9,11-12,14-15H2,1,3H3/t22-,23?/m0/s1.